The largest absolute Gasteiger partial charge is 0.495 e. The molecule has 0 saturated carbocycles. The molecule has 35 heavy (non-hydrogen) atoms. The number of aryl methyl sites for hydroxylation is 1. The van der Waals surface area contributed by atoms with Crippen molar-refractivity contribution in [3.63, 3.8) is 0 Å². The summed E-state index contributed by atoms with van der Waals surface area (Å²) < 4.78 is 12.6. The number of carbonyl (C=O) groups is 1. The van der Waals surface area contributed by atoms with E-state index in [1.54, 1.807) is 38.2 Å². The highest BCUT2D eigenvalue weighted by Gasteiger charge is 2.19. The van der Waals surface area contributed by atoms with Gasteiger partial charge in [0.05, 0.1) is 31.0 Å². The summed E-state index contributed by atoms with van der Waals surface area (Å²) in [4.78, 5) is 23.8. The summed E-state index contributed by atoms with van der Waals surface area (Å²) >= 11 is 0. The molecule has 3 aromatic rings. The minimum Gasteiger partial charge on any atom is -0.495 e. The molecule has 4 heterocycles. The van der Waals surface area contributed by atoms with E-state index in [9.17, 15) is 4.79 Å². The molecular formula is C25H35N7O3. The van der Waals surface area contributed by atoms with Crippen LogP contribution in [0.4, 0.5) is 11.6 Å². The Kier molecular flexibility index (Phi) is 8.14. The van der Waals surface area contributed by atoms with Crippen molar-refractivity contribution in [1.82, 2.24) is 29.5 Å². The highest BCUT2D eigenvalue weighted by atomic mass is 16.5. The minimum atomic E-state index is 0.225. The smallest absolute Gasteiger partial charge is 0.229 e. The summed E-state index contributed by atoms with van der Waals surface area (Å²) in [6.45, 7) is 7.21. The molecule has 188 valence electrons. The average molecular weight is 482 g/mol. The van der Waals surface area contributed by atoms with Crippen LogP contribution in [-0.2, 0) is 29.5 Å². The van der Waals surface area contributed by atoms with Crippen LogP contribution in [0.2, 0.25) is 0 Å². The molecule has 1 amide bonds. The Hall–Kier alpha value is -3.24. The molecule has 0 spiro atoms. The Labute approximate surface area is 206 Å². The van der Waals surface area contributed by atoms with Crippen molar-refractivity contribution in [2.75, 3.05) is 52.3 Å². The molecular weight excluding hydrogens is 446 g/mol. The van der Waals surface area contributed by atoms with Crippen LogP contribution < -0.4 is 10.1 Å². The number of ether oxygens (including phenoxy) is 2. The molecule has 2 aromatic heterocycles. The van der Waals surface area contributed by atoms with Crippen molar-refractivity contribution in [2.45, 2.75) is 32.7 Å². The Morgan fingerprint density at radius 2 is 1.91 bits per heavy atom. The van der Waals surface area contributed by atoms with Gasteiger partial charge in [-0.15, -0.1) is 0 Å². The number of nitrogens with one attached hydrogen (secondary N) is 1. The van der Waals surface area contributed by atoms with E-state index in [0.29, 0.717) is 5.95 Å². The first-order valence-corrected chi connectivity index (χ1v) is 12.1. The van der Waals surface area contributed by atoms with E-state index in [0.717, 1.165) is 68.2 Å². The molecule has 0 radical (unpaired) electrons. The number of carbonyl (C=O) groups excluding carboxylic acids is 1. The average Bonchev–Trinajstić information content (AvgIpc) is 3.53. The number of nitrogens with zero attached hydrogens (tertiary/aromatic N) is 6. The van der Waals surface area contributed by atoms with E-state index in [4.69, 9.17) is 9.47 Å². The number of hydrogen-bond donors (Lipinski definition) is 1. The van der Waals surface area contributed by atoms with Gasteiger partial charge in [0.15, 0.2) is 5.65 Å². The minimum absolute atomic E-state index is 0.225. The van der Waals surface area contributed by atoms with Crippen molar-refractivity contribution in [3.8, 4) is 5.75 Å². The Bertz CT molecular complexity index is 1160. The van der Waals surface area contributed by atoms with Gasteiger partial charge in [0, 0.05) is 60.0 Å². The number of amides is 1. The van der Waals surface area contributed by atoms with Crippen molar-refractivity contribution in [1.29, 1.82) is 0 Å². The van der Waals surface area contributed by atoms with Crippen LogP contribution in [0.3, 0.4) is 0 Å². The monoisotopic (exact) mass is 481 g/mol. The molecule has 1 aromatic carbocycles. The van der Waals surface area contributed by atoms with Crippen molar-refractivity contribution in [2.24, 2.45) is 7.05 Å². The molecule has 10 heteroatoms. The second-order valence-electron chi connectivity index (χ2n) is 8.92. The molecule has 1 saturated heterocycles. The van der Waals surface area contributed by atoms with E-state index < -0.39 is 0 Å². The van der Waals surface area contributed by atoms with Crippen LogP contribution in [0.5, 0.6) is 5.75 Å². The predicted octanol–water partition coefficient (Wildman–Crippen LogP) is 2.75. The first-order valence-electron chi connectivity index (χ1n) is 12.1. The zero-order chi connectivity index (χ0) is 24.8. The Balaban J connectivity index is 0.000000308. The highest BCUT2D eigenvalue weighted by Crippen LogP contribution is 2.33. The van der Waals surface area contributed by atoms with E-state index in [1.807, 2.05) is 11.9 Å². The molecule has 0 bridgehead atoms. The number of anilines is 2. The van der Waals surface area contributed by atoms with Crippen LogP contribution >= 0.6 is 0 Å². The standard InChI is InChI=1S/C19H24N6O2.C6H11NO/c1-24-18-15(11-21-24)10-20-19(23-18)22-16-8-14-12-25(6-7-26-2)5-4-13(14)9-17(16)27-3;1-6(8)7-4-2-3-5-7/h8-11H,4-7,12H2,1-3H3,(H,20,22,23);2-5H2,1H3. The highest BCUT2D eigenvalue weighted by molar-refractivity contribution is 5.76. The van der Waals surface area contributed by atoms with E-state index in [1.165, 1.54) is 24.0 Å². The van der Waals surface area contributed by atoms with E-state index >= 15 is 0 Å². The maximum absolute atomic E-state index is 10.6. The number of fused-ring (bicyclic) bond motifs is 2. The van der Waals surface area contributed by atoms with Crippen molar-refractivity contribution in [3.05, 3.63) is 35.7 Å². The molecule has 2 aliphatic heterocycles. The lowest BCUT2D eigenvalue weighted by molar-refractivity contribution is -0.127. The molecule has 1 N–H and O–H groups in total. The maximum atomic E-state index is 10.6. The summed E-state index contributed by atoms with van der Waals surface area (Å²) in [5.41, 5.74) is 4.28. The van der Waals surface area contributed by atoms with Gasteiger partial charge in [0.1, 0.15) is 5.75 Å². The summed E-state index contributed by atoms with van der Waals surface area (Å²) in [5.74, 6) is 1.55. The van der Waals surface area contributed by atoms with Gasteiger partial charge in [-0.25, -0.2) is 4.98 Å². The van der Waals surface area contributed by atoms with E-state index in [2.05, 4.69) is 37.4 Å². The lowest BCUT2D eigenvalue weighted by Gasteiger charge is -2.29. The second-order valence-corrected chi connectivity index (χ2v) is 8.92. The first kappa shape index (κ1) is 24.9. The Morgan fingerprint density at radius 3 is 2.60 bits per heavy atom. The van der Waals surface area contributed by atoms with Crippen LogP contribution in [0.25, 0.3) is 11.0 Å². The summed E-state index contributed by atoms with van der Waals surface area (Å²) in [7, 11) is 5.29. The predicted molar refractivity (Wildman–Crippen MR) is 135 cm³/mol. The van der Waals surface area contributed by atoms with Crippen LogP contribution in [-0.4, -0.2) is 82.5 Å². The van der Waals surface area contributed by atoms with Crippen LogP contribution in [0.15, 0.2) is 24.5 Å². The number of methoxy groups -OCH3 is 2. The van der Waals surface area contributed by atoms with Gasteiger partial charge >= 0.3 is 0 Å². The van der Waals surface area contributed by atoms with Crippen molar-refractivity contribution >= 4 is 28.6 Å². The fraction of sp³-hybridized carbons (Fsp3) is 0.520. The van der Waals surface area contributed by atoms with Gasteiger partial charge in [-0.1, -0.05) is 0 Å². The van der Waals surface area contributed by atoms with Gasteiger partial charge in [0.25, 0.3) is 0 Å². The molecule has 5 rings (SSSR count). The zero-order valence-corrected chi connectivity index (χ0v) is 21.1. The number of likely N-dealkylation sites (tertiary alicyclic amines) is 1. The third kappa shape index (κ3) is 6.07. The molecule has 2 aliphatic rings. The van der Waals surface area contributed by atoms with Gasteiger partial charge < -0.3 is 19.7 Å². The lowest BCUT2D eigenvalue weighted by atomic mass is 9.98. The first-order chi connectivity index (χ1) is 17.0. The molecule has 1 fully saturated rings. The zero-order valence-electron chi connectivity index (χ0n) is 21.1. The topological polar surface area (TPSA) is 97.6 Å². The fourth-order valence-corrected chi connectivity index (χ4v) is 4.47. The van der Waals surface area contributed by atoms with Gasteiger partial charge in [-0.2, -0.15) is 10.1 Å². The maximum Gasteiger partial charge on any atom is 0.229 e. The Morgan fingerprint density at radius 1 is 1.11 bits per heavy atom. The molecule has 10 nitrogen and oxygen atoms in total. The van der Waals surface area contributed by atoms with Crippen LogP contribution in [0, 0.1) is 0 Å². The molecule has 0 atom stereocenters. The molecule has 0 unspecified atom stereocenters. The SMILES string of the molecule is CC(=O)N1CCCC1.COCCN1CCc2cc(OC)c(Nc3ncc4cnn(C)c4n3)cc2C1. The van der Waals surface area contributed by atoms with Crippen molar-refractivity contribution < 1.29 is 14.3 Å². The lowest BCUT2D eigenvalue weighted by Crippen LogP contribution is -2.33. The third-order valence-electron chi connectivity index (χ3n) is 6.50. The molecule has 0 aliphatic carbocycles. The summed E-state index contributed by atoms with van der Waals surface area (Å²) in [6.07, 6.45) is 6.93. The second kappa shape index (κ2) is 11.5. The van der Waals surface area contributed by atoms with Gasteiger partial charge in [-0.05, 0) is 42.5 Å². The summed E-state index contributed by atoms with van der Waals surface area (Å²) in [6, 6.07) is 4.26. The quantitative estimate of drug-likeness (QED) is 0.574. The number of aromatic nitrogens is 4. The van der Waals surface area contributed by atoms with Gasteiger partial charge in [-0.3, -0.25) is 14.4 Å². The number of benzene rings is 1. The normalized spacial score (nSPS) is 15.5. The number of rotatable bonds is 6. The van der Waals surface area contributed by atoms with E-state index in [-0.39, 0.29) is 5.91 Å². The third-order valence-corrected chi connectivity index (χ3v) is 6.50. The number of hydrogen-bond acceptors (Lipinski definition) is 8. The van der Waals surface area contributed by atoms with Gasteiger partial charge in [0.2, 0.25) is 11.9 Å². The summed E-state index contributed by atoms with van der Waals surface area (Å²) in [5, 5.41) is 8.43. The fourth-order valence-electron chi connectivity index (χ4n) is 4.47. The van der Waals surface area contributed by atoms with Crippen LogP contribution in [0.1, 0.15) is 30.9 Å².